The fraction of sp³-hybridized carbons (Fsp3) is 0.375. The smallest absolute Gasteiger partial charge is 0.250 e. The SMILES string of the molecule is COc1ccccc1CN1C(=O)[C@@H]2C(C(C)O)NC3(C(=O)Nc4c3ccc(Cl)c4C)[C@@H]2C1=O. The van der Waals surface area contributed by atoms with Crippen LogP contribution in [0.1, 0.15) is 23.6 Å². The third kappa shape index (κ3) is 2.87. The molecule has 2 aromatic rings. The van der Waals surface area contributed by atoms with Gasteiger partial charge in [-0.2, -0.15) is 0 Å². The van der Waals surface area contributed by atoms with Gasteiger partial charge in [-0.1, -0.05) is 35.9 Å². The van der Waals surface area contributed by atoms with Crippen molar-refractivity contribution in [1.29, 1.82) is 0 Å². The minimum Gasteiger partial charge on any atom is -0.496 e. The van der Waals surface area contributed by atoms with Crippen LogP contribution < -0.4 is 15.4 Å². The lowest BCUT2D eigenvalue weighted by atomic mass is 9.76. The van der Waals surface area contributed by atoms with Crippen molar-refractivity contribution in [3.8, 4) is 5.75 Å². The molecule has 2 saturated heterocycles. The Labute approximate surface area is 195 Å². The van der Waals surface area contributed by atoms with Gasteiger partial charge in [0.2, 0.25) is 17.7 Å². The molecule has 1 spiro atoms. The first kappa shape index (κ1) is 21.9. The number of fused-ring (bicyclic) bond motifs is 4. The van der Waals surface area contributed by atoms with E-state index in [-0.39, 0.29) is 6.54 Å². The lowest BCUT2D eigenvalue weighted by molar-refractivity contribution is -0.143. The minimum absolute atomic E-state index is 0.0193. The number of carbonyl (C=O) groups excluding carboxylic acids is 3. The Kier molecular flexibility index (Phi) is 5.00. The zero-order chi connectivity index (χ0) is 23.7. The van der Waals surface area contributed by atoms with Crippen LogP contribution in [0.25, 0.3) is 0 Å². The Balaban J connectivity index is 1.63. The lowest BCUT2D eigenvalue weighted by Crippen LogP contribution is -2.54. The van der Waals surface area contributed by atoms with Gasteiger partial charge in [-0.3, -0.25) is 24.6 Å². The number of hydrogen-bond acceptors (Lipinski definition) is 6. The summed E-state index contributed by atoms with van der Waals surface area (Å²) in [4.78, 5) is 42.0. The van der Waals surface area contributed by atoms with Crippen molar-refractivity contribution in [2.75, 3.05) is 12.4 Å². The lowest BCUT2D eigenvalue weighted by Gasteiger charge is -2.30. The van der Waals surface area contributed by atoms with Gasteiger partial charge in [0.15, 0.2) is 0 Å². The molecule has 5 rings (SSSR count). The number of carbonyl (C=O) groups is 3. The number of halogens is 1. The molecule has 0 saturated carbocycles. The molecule has 0 radical (unpaired) electrons. The monoisotopic (exact) mass is 469 g/mol. The molecule has 0 aliphatic carbocycles. The van der Waals surface area contributed by atoms with Crippen LogP contribution in [0.5, 0.6) is 5.75 Å². The Hall–Kier alpha value is -2.94. The van der Waals surface area contributed by atoms with Crippen LogP contribution in [0.2, 0.25) is 5.02 Å². The normalized spacial score (nSPS) is 28.8. The average Bonchev–Trinajstić information content (AvgIpc) is 3.38. The largest absolute Gasteiger partial charge is 0.496 e. The summed E-state index contributed by atoms with van der Waals surface area (Å²) >= 11 is 6.27. The van der Waals surface area contributed by atoms with Crippen molar-refractivity contribution in [2.24, 2.45) is 11.8 Å². The van der Waals surface area contributed by atoms with Crippen LogP contribution in [-0.2, 0) is 26.5 Å². The van der Waals surface area contributed by atoms with E-state index in [4.69, 9.17) is 16.3 Å². The molecule has 5 atom stereocenters. The molecule has 33 heavy (non-hydrogen) atoms. The maximum atomic E-state index is 13.8. The average molecular weight is 470 g/mol. The van der Waals surface area contributed by atoms with Gasteiger partial charge in [-0.15, -0.1) is 0 Å². The predicted octanol–water partition coefficient (Wildman–Crippen LogP) is 1.96. The first-order valence-electron chi connectivity index (χ1n) is 10.8. The van der Waals surface area contributed by atoms with Gasteiger partial charge in [0.1, 0.15) is 11.3 Å². The maximum absolute atomic E-state index is 13.8. The Morgan fingerprint density at radius 1 is 1.18 bits per heavy atom. The number of para-hydroxylation sites is 1. The van der Waals surface area contributed by atoms with Gasteiger partial charge in [-0.05, 0) is 31.5 Å². The van der Waals surface area contributed by atoms with E-state index in [9.17, 15) is 19.5 Å². The van der Waals surface area contributed by atoms with Gasteiger partial charge < -0.3 is 15.2 Å². The number of imide groups is 1. The fourth-order valence-corrected chi connectivity index (χ4v) is 5.71. The third-order valence-electron chi connectivity index (χ3n) is 7.15. The minimum atomic E-state index is -1.47. The number of nitrogens with zero attached hydrogens (tertiary/aromatic N) is 1. The number of hydrogen-bond donors (Lipinski definition) is 3. The highest BCUT2D eigenvalue weighted by Crippen LogP contribution is 2.54. The van der Waals surface area contributed by atoms with Crippen molar-refractivity contribution in [3.63, 3.8) is 0 Å². The Bertz CT molecular complexity index is 1200. The van der Waals surface area contributed by atoms with E-state index in [1.54, 1.807) is 50.2 Å². The van der Waals surface area contributed by atoms with Gasteiger partial charge in [0.05, 0.1) is 37.3 Å². The summed E-state index contributed by atoms with van der Waals surface area (Å²) in [5, 5.41) is 17.1. The number of ether oxygens (including phenoxy) is 1. The number of amides is 3. The molecule has 3 unspecified atom stereocenters. The van der Waals surface area contributed by atoms with Gasteiger partial charge in [0.25, 0.3) is 0 Å². The van der Waals surface area contributed by atoms with Crippen LogP contribution in [0.4, 0.5) is 5.69 Å². The summed E-state index contributed by atoms with van der Waals surface area (Å²) in [5.41, 5.74) is 0.984. The summed E-state index contributed by atoms with van der Waals surface area (Å²) in [6.07, 6.45) is -0.968. The van der Waals surface area contributed by atoms with Gasteiger partial charge in [0, 0.05) is 22.2 Å². The van der Waals surface area contributed by atoms with Crippen LogP contribution in [0.3, 0.4) is 0 Å². The van der Waals surface area contributed by atoms with E-state index >= 15 is 0 Å². The first-order chi connectivity index (χ1) is 15.7. The van der Waals surface area contributed by atoms with Crippen molar-refractivity contribution in [3.05, 3.63) is 58.1 Å². The summed E-state index contributed by atoms with van der Waals surface area (Å²) < 4.78 is 5.38. The highest BCUT2D eigenvalue weighted by atomic mass is 35.5. The Morgan fingerprint density at radius 3 is 2.61 bits per heavy atom. The zero-order valence-corrected chi connectivity index (χ0v) is 19.1. The summed E-state index contributed by atoms with van der Waals surface area (Å²) in [6.45, 7) is 3.36. The highest BCUT2D eigenvalue weighted by Gasteiger charge is 2.71. The molecule has 8 nitrogen and oxygen atoms in total. The van der Waals surface area contributed by atoms with E-state index in [1.165, 1.54) is 12.0 Å². The molecule has 0 aromatic heterocycles. The van der Waals surface area contributed by atoms with Crippen molar-refractivity contribution < 1.29 is 24.2 Å². The number of rotatable bonds is 4. The fourth-order valence-electron chi connectivity index (χ4n) is 5.55. The quantitative estimate of drug-likeness (QED) is 0.591. The van der Waals surface area contributed by atoms with Gasteiger partial charge in [-0.25, -0.2) is 0 Å². The number of nitrogens with one attached hydrogen (secondary N) is 2. The molecule has 0 bridgehead atoms. The molecule has 3 N–H and O–H groups in total. The van der Waals surface area contributed by atoms with Crippen LogP contribution in [0.15, 0.2) is 36.4 Å². The topological polar surface area (TPSA) is 108 Å². The molecule has 3 heterocycles. The van der Waals surface area contributed by atoms with E-state index in [2.05, 4.69) is 10.6 Å². The molecule has 3 aliphatic heterocycles. The van der Waals surface area contributed by atoms with Crippen LogP contribution in [0, 0.1) is 18.8 Å². The zero-order valence-electron chi connectivity index (χ0n) is 18.4. The van der Waals surface area contributed by atoms with E-state index in [1.807, 2.05) is 0 Å². The first-order valence-corrected chi connectivity index (χ1v) is 11.1. The number of benzene rings is 2. The molecule has 172 valence electrons. The summed E-state index contributed by atoms with van der Waals surface area (Å²) in [6, 6.07) is 9.77. The molecule has 3 aliphatic rings. The van der Waals surface area contributed by atoms with Crippen LogP contribution in [-0.4, -0.2) is 47.0 Å². The number of likely N-dealkylation sites (tertiary alicyclic amines) is 1. The predicted molar refractivity (Wildman–Crippen MR) is 121 cm³/mol. The standard InChI is InChI=1S/C24H24ClN3O5/c1-11-15(25)9-8-14-19(11)26-23(32)24(14)18-17(20(27-24)12(2)29)21(30)28(22(18)31)10-13-6-4-5-7-16(13)33-3/h4-9,12,17-18,20,27,29H,10H2,1-3H3,(H,26,32)/t12?,17-,18-,20?,24?/m0/s1. The van der Waals surface area contributed by atoms with Gasteiger partial charge >= 0.3 is 0 Å². The summed E-state index contributed by atoms with van der Waals surface area (Å²) in [7, 11) is 1.52. The number of aliphatic hydroxyl groups excluding tert-OH is 1. The second-order valence-electron chi connectivity index (χ2n) is 8.85. The van der Waals surface area contributed by atoms with E-state index < -0.39 is 47.2 Å². The molecule has 2 aromatic carbocycles. The van der Waals surface area contributed by atoms with E-state index in [0.29, 0.717) is 33.1 Å². The molecule has 3 amide bonds. The molecular weight excluding hydrogens is 446 g/mol. The second-order valence-corrected chi connectivity index (χ2v) is 9.25. The van der Waals surface area contributed by atoms with Crippen molar-refractivity contribution in [1.82, 2.24) is 10.2 Å². The highest BCUT2D eigenvalue weighted by molar-refractivity contribution is 6.32. The summed E-state index contributed by atoms with van der Waals surface area (Å²) in [5.74, 6) is -2.63. The van der Waals surface area contributed by atoms with Crippen LogP contribution >= 0.6 is 11.6 Å². The molecular formula is C24H24ClN3O5. The maximum Gasteiger partial charge on any atom is 0.250 e. The van der Waals surface area contributed by atoms with Crippen molar-refractivity contribution >= 4 is 35.0 Å². The second kappa shape index (κ2) is 7.55. The number of methoxy groups -OCH3 is 1. The van der Waals surface area contributed by atoms with E-state index in [0.717, 1.165) is 0 Å². The molecule has 9 heteroatoms. The molecule has 2 fully saturated rings. The number of aliphatic hydroxyl groups is 1. The number of anilines is 1. The Morgan fingerprint density at radius 2 is 1.91 bits per heavy atom. The third-order valence-corrected chi connectivity index (χ3v) is 7.56. The van der Waals surface area contributed by atoms with Crippen molar-refractivity contribution in [2.45, 2.75) is 38.1 Å².